The SMILES string of the molecule is O=C(c1ccc(OC2CCOCC2)nc1)N1CCCc2ccccc21. The van der Waals surface area contributed by atoms with E-state index in [1.807, 2.05) is 23.1 Å². The van der Waals surface area contributed by atoms with Crippen molar-refractivity contribution in [2.75, 3.05) is 24.7 Å². The quantitative estimate of drug-likeness (QED) is 0.862. The van der Waals surface area contributed by atoms with Gasteiger partial charge in [-0.25, -0.2) is 4.98 Å². The maximum atomic E-state index is 12.9. The van der Waals surface area contributed by atoms with Crippen LogP contribution in [0.1, 0.15) is 35.2 Å². The van der Waals surface area contributed by atoms with Gasteiger partial charge in [0, 0.05) is 37.3 Å². The molecular weight excluding hydrogens is 316 g/mol. The van der Waals surface area contributed by atoms with Gasteiger partial charge in [0.2, 0.25) is 5.88 Å². The van der Waals surface area contributed by atoms with Crippen molar-refractivity contribution in [2.24, 2.45) is 0 Å². The van der Waals surface area contributed by atoms with Crippen LogP contribution in [0.4, 0.5) is 5.69 Å². The molecule has 1 amide bonds. The summed E-state index contributed by atoms with van der Waals surface area (Å²) in [4.78, 5) is 19.1. The van der Waals surface area contributed by atoms with Crippen LogP contribution in [0.3, 0.4) is 0 Å². The van der Waals surface area contributed by atoms with E-state index in [1.54, 1.807) is 18.3 Å². The van der Waals surface area contributed by atoms with Gasteiger partial charge in [-0.15, -0.1) is 0 Å². The number of hydrogen-bond donors (Lipinski definition) is 0. The van der Waals surface area contributed by atoms with E-state index in [2.05, 4.69) is 11.1 Å². The van der Waals surface area contributed by atoms with Gasteiger partial charge in [0.1, 0.15) is 6.10 Å². The number of amides is 1. The van der Waals surface area contributed by atoms with Gasteiger partial charge >= 0.3 is 0 Å². The molecule has 2 aliphatic rings. The Labute approximate surface area is 147 Å². The van der Waals surface area contributed by atoms with Gasteiger partial charge in [0.15, 0.2) is 0 Å². The van der Waals surface area contributed by atoms with Crippen LogP contribution in [0.25, 0.3) is 0 Å². The molecule has 0 bridgehead atoms. The van der Waals surface area contributed by atoms with Gasteiger partial charge < -0.3 is 14.4 Å². The van der Waals surface area contributed by atoms with E-state index in [9.17, 15) is 4.79 Å². The summed E-state index contributed by atoms with van der Waals surface area (Å²) >= 11 is 0. The van der Waals surface area contributed by atoms with E-state index >= 15 is 0 Å². The van der Waals surface area contributed by atoms with Crippen LogP contribution < -0.4 is 9.64 Å². The molecule has 4 rings (SSSR count). The van der Waals surface area contributed by atoms with Crippen molar-refractivity contribution in [3.8, 4) is 5.88 Å². The van der Waals surface area contributed by atoms with Crippen molar-refractivity contribution < 1.29 is 14.3 Å². The van der Waals surface area contributed by atoms with E-state index < -0.39 is 0 Å². The molecule has 5 heteroatoms. The van der Waals surface area contributed by atoms with Crippen LogP contribution in [0, 0.1) is 0 Å². The normalized spacial score (nSPS) is 17.8. The molecule has 2 aromatic rings. The van der Waals surface area contributed by atoms with Gasteiger partial charge in [0.05, 0.1) is 18.8 Å². The first kappa shape index (κ1) is 16.1. The molecule has 0 aliphatic carbocycles. The molecule has 5 nitrogen and oxygen atoms in total. The number of rotatable bonds is 3. The molecule has 130 valence electrons. The Bertz CT molecular complexity index is 739. The Morgan fingerprint density at radius 2 is 2.00 bits per heavy atom. The summed E-state index contributed by atoms with van der Waals surface area (Å²) in [5.74, 6) is 0.569. The minimum absolute atomic E-state index is 0.00253. The molecule has 1 aromatic carbocycles. The highest BCUT2D eigenvalue weighted by Gasteiger charge is 2.23. The van der Waals surface area contributed by atoms with Gasteiger partial charge in [-0.05, 0) is 30.5 Å². The number of aryl methyl sites for hydroxylation is 1. The second-order valence-electron chi connectivity index (χ2n) is 6.50. The van der Waals surface area contributed by atoms with E-state index in [4.69, 9.17) is 9.47 Å². The van der Waals surface area contributed by atoms with Gasteiger partial charge in [0.25, 0.3) is 5.91 Å². The molecule has 1 fully saturated rings. The topological polar surface area (TPSA) is 51.7 Å². The summed E-state index contributed by atoms with van der Waals surface area (Å²) in [5.41, 5.74) is 2.84. The summed E-state index contributed by atoms with van der Waals surface area (Å²) in [6.45, 7) is 2.21. The zero-order valence-electron chi connectivity index (χ0n) is 14.2. The number of anilines is 1. The third-order valence-corrected chi connectivity index (χ3v) is 4.79. The lowest BCUT2D eigenvalue weighted by atomic mass is 10.0. The molecule has 0 radical (unpaired) electrons. The van der Waals surface area contributed by atoms with Crippen molar-refractivity contribution in [3.63, 3.8) is 0 Å². The maximum Gasteiger partial charge on any atom is 0.259 e. The highest BCUT2D eigenvalue weighted by molar-refractivity contribution is 6.06. The lowest BCUT2D eigenvalue weighted by Gasteiger charge is -2.29. The molecule has 0 spiro atoms. The molecule has 1 aromatic heterocycles. The van der Waals surface area contributed by atoms with Crippen molar-refractivity contribution in [3.05, 3.63) is 53.7 Å². The Morgan fingerprint density at radius 3 is 2.80 bits per heavy atom. The number of carbonyl (C=O) groups excluding carboxylic acids is 1. The van der Waals surface area contributed by atoms with Crippen molar-refractivity contribution >= 4 is 11.6 Å². The number of carbonyl (C=O) groups is 1. The number of hydrogen-bond acceptors (Lipinski definition) is 4. The predicted octanol–water partition coefficient (Wildman–Crippen LogP) is 3.23. The average Bonchev–Trinajstić information content (AvgIpc) is 2.68. The summed E-state index contributed by atoms with van der Waals surface area (Å²) in [7, 11) is 0. The molecule has 3 heterocycles. The Morgan fingerprint density at radius 1 is 1.16 bits per heavy atom. The van der Waals surface area contributed by atoms with E-state index in [-0.39, 0.29) is 12.0 Å². The van der Waals surface area contributed by atoms with Crippen LogP contribution in [-0.2, 0) is 11.2 Å². The smallest absolute Gasteiger partial charge is 0.259 e. The summed E-state index contributed by atoms with van der Waals surface area (Å²) in [5, 5.41) is 0. The first-order chi connectivity index (χ1) is 12.3. The van der Waals surface area contributed by atoms with E-state index in [0.29, 0.717) is 11.4 Å². The molecule has 0 saturated carbocycles. The molecule has 0 N–H and O–H groups in total. The summed E-state index contributed by atoms with van der Waals surface area (Å²) < 4.78 is 11.2. The van der Waals surface area contributed by atoms with Gasteiger partial charge in [-0.1, -0.05) is 18.2 Å². The zero-order chi connectivity index (χ0) is 17.1. The first-order valence-electron chi connectivity index (χ1n) is 8.91. The Balaban J connectivity index is 1.48. The van der Waals surface area contributed by atoms with Gasteiger partial charge in [-0.3, -0.25) is 4.79 Å². The van der Waals surface area contributed by atoms with Crippen molar-refractivity contribution in [1.29, 1.82) is 0 Å². The first-order valence-corrected chi connectivity index (χ1v) is 8.91. The standard InChI is InChI=1S/C20H22N2O3/c23-20(22-11-3-5-15-4-1-2-6-18(15)22)16-7-8-19(21-14-16)25-17-9-12-24-13-10-17/h1-2,4,6-8,14,17H,3,5,9-13H2. The third-order valence-electron chi connectivity index (χ3n) is 4.79. The minimum atomic E-state index is -0.00253. The number of nitrogens with zero attached hydrogens (tertiary/aromatic N) is 2. The molecule has 1 saturated heterocycles. The zero-order valence-corrected chi connectivity index (χ0v) is 14.2. The predicted molar refractivity (Wildman–Crippen MR) is 95.1 cm³/mol. The Hall–Kier alpha value is -2.40. The summed E-state index contributed by atoms with van der Waals surface area (Å²) in [6.07, 6.45) is 5.54. The second kappa shape index (κ2) is 7.23. The number of ether oxygens (including phenoxy) is 2. The fourth-order valence-corrected chi connectivity index (χ4v) is 3.44. The van der Waals surface area contributed by atoms with Gasteiger partial charge in [-0.2, -0.15) is 0 Å². The van der Waals surface area contributed by atoms with Crippen LogP contribution in [0.15, 0.2) is 42.6 Å². The molecular formula is C20H22N2O3. The summed E-state index contributed by atoms with van der Waals surface area (Å²) in [6, 6.07) is 11.7. The largest absolute Gasteiger partial charge is 0.474 e. The van der Waals surface area contributed by atoms with E-state index in [1.165, 1.54) is 5.56 Å². The fraction of sp³-hybridized carbons (Fsp3) is 0.400. The van der Waals surface area contributed by atoms with E-state index in [0.717, 1.165) is 51.1 Å². The van der Waals surface area contributed by atoms with Crippen LogP contribution in [0.2, 0.25) is 0 Å². The molecule has 0 atom stereocenters. The number of pyridine rings is 1. The maximum absolute atomic E-state index is 12.9. The third kappa shape index (κ3) is 3.51. The number of aromatic nitrogens is 1. The molecule has 25 heavy (non-hydrogen) atoms. The lowest BCUT2D eigenvalue weighted by Crippen LogP contribution is -2.35. The highest BCUT2D eigenvalue weighted by Crippen LogP contribution is 2.28. The second-order valence-corrected chi connectivity index (χ2v) is 6.50. The lowest BCUT2D eigenvalue weighted by molar-refractivity contribution is 0.0237. The average molecular weight is 338 g/mol. The fourth-order valence-electron chi connectivity index (χ4n) is 3.44. The van der Waals surface area contributed by atoms with Crippen LogP contribution >= 0.6 is 0 Å². The molecule has 0 unspecified atom stereocenters. The monoisotopic (exact) mass is 338 g/mol. The number of para-hydroxylation sites is 1. The van der Waals surface area contributed by atoms with Crippen LogP contribution in [0.5, 0.6) is 5.88 Å². The van der Waals surface area contributed by atoms with Crippen LogP contribution in [-0.4, -0.2) is 36.8 Å². The van der Waals surface area contributed by atoms with Crippen molar-refractivity contribution in [2.45, 2.75) is 31.8 Å². The minimum Gasteiger partial charge on any atom is -0.474 e. The van der Waals surface area contributed by atoms with Crippen molar-refractivity contribution in [1.82, 2.24) is 4.98 Å². The number of fused-ring (bicyclic) bond motifs is 1. The molecule has 2 aliphatic heterocycles. The number of benzene rings is 1. The highest BCUT2D eigenvalue weighted by atomic mass is 16.5. The Kier molecular flexibility index (Phi) is 4.65.